The van der Waals surface area contributed by atoms with Gasteiger partial charge in [0.25, 0.3) is 0 Å². The summed E-state index contributed by atoms with van der Waals surface area (Å²) in [6.07, 6.45) is 5.22. The number of hydrogen-bond donors (Lipinski definition) is 0. The Kier molecular flexibility index (Phi) is 14.6. The molecule has 0 saturated carbocycles. The molecular formula is C84H59N6OPt-3. The van der Waals surface area contributed by atoms with Crippen LogP contribution in [0.1, 0.15) is 24.2 Å². The van der Waals surface area contributed by atoms with Gasteiger partial charge in [-0.1, -0.05) is 236 Å². The molecule has 0 fully saturated rings. The van der Waals surface area contributed by atoms with E-state index in [9.17, 15) is 0 Å². The van der Waals surface area contributed by atoms with E-state index >= 15 is 0 Å². The Labute approximate surface area is 550 Å². The monoisotopic (exact) mass is 1360 g/mol. The summed E-state index contributed by atoms with van der Waals surface area (Å²) >= 11 is 0. The van der Waals surface area contributed by atoms with Crippen LogP contribution in [-0.4, -0.2) is 19.1 Å². The predicted octanol–water partition coefficient (Wildman–Crippen LogP) is 21.6. The first-order valence-electron chi connectivity index (χ1n) is 31.3. The van der Waals surface area contributed by atoms with Crippen molar-refractivity contribution in [1.29, 1.82) is 0 Å². The minimum Gasteiger partial charge on any atom is -0.509 e. The standard InChI is InChI=1S/C84H59N6O.Pt/c1-56-47-82(85-54-74(56)71-36-18-17-35-66(71)57-25-7-2-8-26-57)90-76-42-20-19-37-72(76)73-45-44-64(51-77(73)90)91-65-49-62(83-67(58-27-9-3-10-28-58)38-23-39-68(83)59-29-11-4-12-30-59)48-63(50-65)88-55-89(80-53-78-75(52-79(80)88)86-81-43-21-22-46-87(78)81)84-69(60-31-13-5-14-32-60)40-24-41-70(84)61-33-15-6-16-34-61;/h2-20,23-42,44-45,47-49,52-55H,21-22,43,46H2,1H3;/q-3;. The summed E-state index contributed by atoms with van der Waals surface area (Å²) in [6.45, 7) is 5.37. The Morgan fingerprint density at radius 1 is 0.435 bits per heavy atom. The van der Waals surface area contributed by atoms with Crippen molar-refractivity contribution in [2.75, 3.05) is 9.80 Å². The maximum Gasteiger partial charge on any atom is 0.135 e. The van der Waals surface area contributed by atoms with Gasteiger partial charge in [0.2, 0.25) is 0 Å². The molecule has 2 aliphatic heterocycles. The van der Waals surface area contributed by atoms with Crippen molar-refractivity contribution in [3.63, 3.8) is 0 Å². The molecule has 7 nitrogen and oxygen atoms in total. The predicted molar refractivity (Wildman–Crippen MR) is 373 cm³/mol. The summed E-state index contributed by atoms with van der Waals surface area (Å²) in [7, 11) is 0. The molecule has 0 atom stereocenters. The molecule has 92 heavy (non-hydrogen) atoms. The normalized spacial score (nSPS) is 12.7. The van der Waals surface area contributed by atoms with Gasteiger partial charge in [-0.3, -0.25) is 0 Å². The molecule has 15 aromatic rings. The van der Waals surface area contributed by atoms with Crippen molar-refractivity contribution < 1.29 is 25.8 Å². The smallest absolute Gasteiger partial charge is 0.135 e. The molecule has 0 unspecified atom stereocenters. The number of imidazole rings is 1. The van der Waals surface area contributed by atoms with Crippen LogP contribution >= 0.6 is 0 Å². The third-order valence-corrected chi connectivity index (χ3v) is 18.2. The number of ether oxygens (including phenoxy) is 1. The zero-order valence-electron chi connectivity index (χ0n) is 50.4. The van der Waals surface area contributed by atoms with Crippen molar-refractivity contribution in [2.24, 2.45) is 0 Å². The number of benzene rings is 12. The van der Waals surface area contributed by atoms with Gasteiger partial charge in [-0.15, -0.1) is 53.6 Å². The molecule has 0 bridgehead atoms. The molecule has 0 aliphatic carbocycles. The van der Waals surface area contributed by atoms with Crippen LogP contribution in [0.3, 0.4) is 0 Å². The van der Waals surface area contributed by atoms with E-state index in [1.165, 1.54) is 11.1 Å². The number of aromatic nitrogens is 4. The number of anilines is 4. The average molecular weight is 1360 g/mol. The molecule has 0 saturated heterocycles. The van der Waals surface area contributed by atoms with Crippen LogP contribution in [-0.2, 0) is 34.0 Å². The fourth-order valence-electron chi connectivity index (χ4n) is 14.0. The first-order chi connectivity index (χ1) is 45.0. The fourth-order valence-corrected chi connectivity index (χ4v) is 14.0. The van der Waals surface area contributed by atoms with Gasteiger partial charge in [-0.25, -0.2) is 9.97 Å². The van der Waals surface area contributed by atoms with Crippen LogP contribution in [0.2, 0.25) is 0 Å². The van der Waals surface area contributed by atoms with Crippen molar-refractivity contribution in [3.8, 4) is 95.2 Å². The largest absolute Gasteiger partial charge is 0.509 e. The van der Waals surface area contributed by atoms with Crippen molar-refractivity contribution in [3.05, 3.63) is 315 Å². The van der Waals surface area contributed by atoms with E-state index < -0.39 is 0 Å². The number of pyridine rings is 1. The molecule has 17 rings (SSSR count). The number of nitrogens with zero attached hydrogens (tertiary/aromatic N) is 6. The Bertz CT molecular complexity index is 5140. The van der Waals surface area contributed by atoms with Crippen LogP contribution in [0.15, 0.2) is 285 Å². The van der Waals surface area contributed by atoms with Gasteiger partial charge in [0.05, 0.1) is 11.0 Å². The van der Waals surface area contributed by atoms with Crippen molar-refractivity contribution in [1.82, 2.24) is 19.1 Å². The number of aryl methyl sites for hydroxylation is 3. The minimum absolute atomic E-state index is 0. The summed E-state index contributed by atoms with van der Waals surface area (Å²) in [5.74, 6) is 3.01. The van der Waals surface area contributed by atoms with E-state index in [1.807, 2.05) is 12.3 Å². The topological polar surface area (TPSA) is 51.4 Å². The summed E-state index contributed by atoms with van der Waals surface area (Å²) in [5, 5.41) is 2.15. The van der Waals surface area contributed by atoms with E-state index in [0.717, 1.165) is 165 Å². The molecule has 3 aromatic heterocycles. The van der Waals surface area contributed by atoms with Gasteiger partial charge in [0, 0.05) is 91.0 Å². The van der Waals surface area contributed by atoms with Gasteiger partial charge >= 0.3 is 0 Å². The van der Waals surface area contributed by atoms with Crippen LogP contribution in [0.5, 0.6) is 11.5 Å². The molecule has 5 heterocycles. The molecule has 8 heteroatoms. The van der Waals surface area contributed by atoms with Crippen molar-refractivity contribution in [2.45, 2.75) is 32.7 Å². The second kappa shape index (κ2) is 23.8. The fraction of sp³-hybridized carbons (Fsp3) is 0.0595. The van der Waals surface area contributed by atoms with Gasteiger partial charge < -0.3 is 23.7 Å². The molecule has 0 radical (unpaired) electrons. The summed E-state index contributed by atoms with van der Waals surface area (Å²) in [4.78, 5) is 15.4. The van der Waals surface area contributed by atoms with E-state index in [-0.39, 0.29) is 21.1 Å². The van der Waals surface area contributed by atoms with Gasteiger partial charge in [-0.05, 0) is 111 Å². The number of para-hydroxylation sites is 2. The van der Waals surface area contributed by atoms with E-state index in [4.69, 9.17) is 14.7 Å². The van der Waals surface area contributed by atoms with Crippen molar-refractivity contribution >= 4 is 55.6 Å². The molecule has 2 aliphatic rings. The Hall–Kier alpha value is -10.9. The maximum absolute atomic E-state index is 7.35. The summed E-state index contributed by atoms with van der Waals surface area (Å²) in [6, 6.07) is 107. The average Bonchev–Trinajstić information content (AvgIpc) is 1.73. The van der Waals surface area contributed by atoms with Crippen LogP contribution in [0.25, 0.3) is 117 Å². The number of fused-ring (bicyclic) bond motifs is 7. The van der Waals surface area contributed by atoms with E-state index in [2.05, 4.69) is 318 Å². The van der Waals surface area contributed by atoms with Gasteiger partial charge in [0.15, 0.2) is 0 Å². The second-order valence-electron chi connectivity index (χ2n) is 23.6. The quantitative estimate of drug-likeness (QED) is 0.114. The Morgan fingerprint density at radius 3 is 1.63 bits per heavy atom. The van der Waals surface area contributed by atoms with Gasteiger partial charge in [0.1, 0.15) is 11.6 Å². The van der Waals surface area contributed by atoms with Crippen LogP contribution in [0.4, 0.5) is 22.7 Å². The SMILES string of the molecule is Cc1cc(-n2c3[c-]c(Oc4[c-]c(N5[CH-]N(c6c(-c7ccccc7)cccc6-c6ccccc6)c6cc7c(cc65)nc5n7CCCC5)cc(-c5c(-c6ccccc6)cccc5-c5ccccc5)c4)ccc3c3ccccc32)ncc1-c1ccccc1-c1ccccc1.[Pt]. The van der Waals surface area contributed by atoms with E-state index in [1.54, 1.807) is 0 Å². The van der Waals surface area contributed by atoms with Gasteiger partial charge in [-0.2, -0.15) is 6.07 Å². The molecule has 0 spiro atoms. The van der Waals surface area contributed by atoms with E-state index in [0.29, 0.717) is 11.5 Å². The first kappa shape index (κ1) is 56.4. The zero-order valence-corrected chi connectivity index (χ0v) is 52.7. The molecule has 444 valence electrons. The summed E-state index contributed by atoms with van der Waals surface area (Å²) < 4.78 is 12.0. The Balaban J connectivity index is 0.00000673. The van der Waals surface area contributed by atoms with Crippen LogP contribution < -0.4 is 14.5 Å². The zero-order chi connectivity index (χ0) is 60.4. The molecular weight excluding hydrogens is 1300 g/mol. The first-order valence-corrected chi connectivity index (χ1v) is 31.3. The Morgan fingerprint density at radius 2 is 0.989 bits per heavy atom. The van der Waals surface area contributed by atoms with Crippen LogP contribution in [0, 0.1) is 25.7 Å². The third kappa shape index (κ3) is 9.97. The molecule has 0 N–H and O–H groups in total. The maximum atomic E-state index is 7.35. The number of rotatable bonds is 12. The molecule has 0 amide bonds. The second-order valence-corrected chi connectivity index (χ2v) is 23.6. The number of hydrogen-bond acceptors (Lipinski definition) is 5. The third-order valence-electron chi connectivity index (χ3n) is 18.2. The molecule has 12 aromatic carbocycles. The minimum atomic E-state index is 0. The summed E-state index contributed by atoms with van der Waals surface area (Å²) in [5.41, 5.74) is 24.5.